The van der Waals surface area contributed by atoms with Gasteiger partial charge >= 0.3 is 0 Å². The lowest BCUT2D eigenvalue weighted by Crippen LogP contribution is -2.44. The molecule has 8 heteroatoms. The molecule has 0 atom stereocenters. The van der Waals surface area contributed by atoms with Crippen molar-refractivity contribution in [1.82, 2.24) is 9.47 Å². The molecule has 1 fully saturated rings. The normalized spacial score (nSPS) is 15.4. The maximum atomic E-state index is 12.7. The van der Waals surface area contributed by atoms with E-state index in [1.807, 2.05) is 41.1 Å². The van der Waals surface area contributed by atoms with Gasteiger partial charge in [-0.25, -0.2) is 8.42 Å². The molecular formula is C22H24ClN3O3S. The number of hydrogen-bond acceptors (Lipinski definition) is 3. The number of benzene rings is 2. The number of para-hydroxylation sites is 1. The minimum Gasteiger partial charge on any atom is -0.347 e. The SMILES string of the molecule is O=C(CCn1ccc2cc(Cl)ccc21)N1CCC(S(=O)(=O)Nc2ccccc2)CC1. The van der Waals surface area contributed by atoms with E-state index in [1.165, 1.54) is 0 Å². The van der Waals surface area contributed by atoms with Gasteiger partial charge in [0.2, 0.25) is 15.9 Å². The molecule has 2 aromatic carbocycles. The summed E-state index contributed by atoms with van der Waals surface area (Å²) in [6.07, 6.45) is 3.23. The summed E-state index contributed by atoms with van der Waals surface area (Å²) in [5.74, 6) is 0.0534. The van der Waals surface area contributed by atoms with E-state index < -0.39 is 15.3 Å². The van der Waals surface area contributed by atoms with E-state index >= 15 is 0 Å². The van der Waals surface area contributed by atoms with Crippen molar-refractivity contribution in [2.75, 3.05) is 17.8 Å². The molecule has 1 saturated heterocycles. The van der Waals surface area contributed by atoms with Crippen molar-refractivity contribution in [3.63, 3.8) is 0 Å². The summed E-state index contributed by atoms with van der Waals surface area (Å²) < 4.78 is 30.0. The Morgan fingerprint density at radius 2 is 1.80 bits per heavy atom. The van der Waals surface area contributed by atoms with Crippen LogP contribution in [-0.2, 0) is 21.4 Å². The van der Waals surface area contributed by atoms with Crippen LogP contribution in [0.4, 0.5) is 5.69 Å². The summed E-state index contributed by atoms with van der Waals surface area (Å²) in [5.41, 5.74) is 1.61. The molecule has 1 aromatic heterocycles. The van der Waals surface area contributed by atoms with E-state index in [2.05, 4.69) is 4.72 Å². The Kier molecular flexibility index (Phi) is 6.01. The van der Waals surface area contributed by atoms with E-state index in [-0.39, 0.29) is 5.91 Å². The summed E-state index contributed by atoms with van der Waals surface area (Å²) in [5, 5.41) is 1.25. The first-order valence-corrected chi connectivity index (χ1v) is 11.9. The fourth-order valence-electron chi connectivity index (χ4n) is 3.91. The van der Waals surface area contributed by atoms with E-state index in [0.29, 0.717) is 49.6 Å². The van der Waals surface area contributed by atoms with Gasteiger partial charge in [0.1, 0.15) is 0 Å². The number of anilines is 1. The van der Waals surface area contributed by atoms with Crippen molar-refractivity contribution < 1.29 is 13.2 Å². The average molecular weight is 446 g/mol. The maximum Gasteiger partial charge on any atom is 0.235 e. The zero-order valence-corrected chi connectivity index (χ0v) is 18.1. The summed E-state index contributed by atoms with van der Waals surface area (Å²) in [7, 11) is -3.46. The monoisotopic (exact) mass is 445 g/mol. The Labute approximate surface area is 181 Å². The van der Waals surface area contributed by atoms with Crippen LogP contribution < -0.4 is 4.72 Å². The Morgan fingerprint density at radius 1 is 1.07 bits per heavy atom. The number of rotatable bonds is 6. The first-order chi connectivity index (χ1) is 14.4. The number of nitrogens with zero attached hydrogens (tertiary/aromatic N) is 2. The van der Waals surface area contributed by atoms with Crippen molar-refractivity contribution in [2.24, 2.45) is 0 Å². The molecular weight excluding hydrogens is 422 g/mol. The number of hydrogen-bond donors (Lipinski definition) is 1. The minimum atomic E-state index is -3.46. The van der Waals surface area contributed by atoms with Gasteiger partial charge in [0.05, 0.1) is 5.25 Å². The Hall–Kier alpha value is -2.51. The first kappa shape index (κ1) is 20.8. The molecule has 3 aromatic rings. The van der Waals surface area contributed by atoms with E-state index in [9.17, 15) is 13.2 Å². The number of sulfonamides is 1. The number of carbonyl (C=O) groups is 1. The second kappa shape index (κ2) is 8.70. The smallest absolute Gasteiger partial charge is 0.235 e. The fourth-order valence-corrected chi connectivity index (χ4v) is 5.55. The number of piperidine rings is 1. The first-order valence-electron chi connectivity index (χ1n) is 10.0. The third kappa shape index (κ3) is 4.63. The third-order valence-electron chi connectivity index (χ3n) is 5.57. The number of aryl methyl sites for hydroxylation is 1. The van der Waals surface area contributed by atoms with Crippen LogP contribution in [0.5, 0.6) is 0 Å². The number of likely N-dealkylation sites (tertiary alicyclic amines) is 1. The highest BCUT2D eigenvalue weighted by Gasteiger charge is 2.31. The maximum absolute atomic E-state index is 12.7. The topological polar surface area (TPSA) is 71.4 Å². The Bertz CT molecular complexity index is 1140. The molecule has 0 bridgehead atoms. The van der Waals surface area contributed by atoms with Crippen molar-refractivity contribution in [3.05, 3.63) is 65.8 Å². The van der Waals surface area contributed by atoms with Gasteiger partial charge < -0.3 is 9.47 Å². The third-order valence-corrected chi connectivity index (χ3v) is 7.67. The quantitative estimate of drug-likeness (QED) is 0.620. The van der Waals surface area contributed by atoms with Gasteiger partial charge in [-0.05, 0) is 49.2 Å². The molecule has 0 aliphatic carbocycles. The molecule has 0 saturated carbocycles. The van der Waals surface area contributed by atoms with E-state index in [4.69, 9.17) is 11.6 Å². The number of aromatic nitrogens is 1. The molecule has 158 valence electrons. The van der Waals surface area contributed by atoms with Gasteiger partial charge in [-0.2, -0.15) is 0 Å². The molecule has 0 spiro atoms. The largest absolute Gasteiger partial charge is 0.347 e. The summed E-state index contributed by atoms with van der Waals surface area (Å²) in [6.45, 7) is 1.50. The van der Waals surface area contributed by atoms with Crippen molar-refractivity contribution in [3.8, 4) is 0 Å². The Morgan fingerprint density at radius 3 is 2.53 bits per heavy atom. The highest BCUT2D eigenvalue weighted by Crippen LogP contribution is 2.23. The molecule has 0 radical (unpaired) electrons. The van der Waals surface area contributed by atoms with Crippen LogP contribution in [-0.4, -0.2) is 42.1 Å². The molecule has 0 unspecified atom stereocenters. The predicted molar refractivity (Wildman–Crippen MR) is 120 cm³/mol. The van der Waals surface area contributed by atoms with Gasteiger partial charge in [-0.3, -0.25) is 9.52 Å². The molecule has 30 heavy (non-hydrogen) atoms. The Balaban J connectivity index is 1.30. The predicted octanol–water partition coefficient (Wildman–Crippen LogP) is 4.12. The van der Waals surface area contributed by atoms with Crippen LogP contribution in [0.15, 0.2) is 60.8 Å². The second-order valence-electron chi connectivity index (χ2n) is 7.56. The highest BCUT2D eigenvalue weighted by atomic mass is 35.5. The molecule has 1 N–H and O–H groups in total. The summed E-state index contributed by atoms with van der Waals surface area (Å²) in [6, 6.07) is 16.6. The zero-order valence-electron chi connectivity index (χ0n) is 16.5. The van der Waals surface area contributed by atoms with Crippen LogP contribution >= 0.6 is 11.6 Å². The summed E-state index contributed by atoms with van der Waals surface area (Å²) >= 11 is 6.03. The lowest BCUT2D eigenvalue weighted by molar-refractivity contribution is -0.132. The van der Waals surface area contributed by atoms with Crippen LogP contribution in [0, 0.1) is 0 Å². The molecule has 4 rings (SSSR count). The molecule has 1 aliphatic rings. The van der Waals surface area contributed by atoms with Crippen molar-refractivity contribution in [2.45, 2.75) is 31.1 Å². The molecule has 2 heterocycles. The van der Waals surface area contributed by atoms with Gasteiger partial charge in [-0.1, -0.05) is 29.8 Å². The fraction of sp³-hybridized carbons (Fsp3) is 0.318. The highest BCUT2D eigenvalue weighted by molar-refractivity contribution is 7.93. The summed E-state index contributed by atoms with van der Waals surface area (Å²) in [4.78, 5) is 14.4. The van der Waals surface area contributed by atoms with Gasteiger partial charge in [0.25, 0.3) is 0 Å². The average Bonchev–Trinajstić information content (AvgIpc) is 3.14. The number of amides is 1. The lowest BCUT2D eigenvalue weighted by Gasteiger charge is -2.32. The number of carbonyl (C=O) groups excluding carboxylic acids is 1. The van der Waals surface area contributed by atoms with Crippen LogP contribution in [0.3, 0.4) is 0 Å². The second-order valence-corrected chi connectivity index (χ2v) is 9.95. The van der Waals surface area contributed by atoms with Crippen molar-refractivity contribution >= 4 is 44.1 Å². The lowest BCUT2D eigenvalue weighted by atomic mass is 10.1. The van der Waals surface area contributed by atoms with E-state index in [0.717, 1.165) is 10.9 Å². The van der Waals surface area contributed by atoms with Gasteiger partial charge in [0, 0.05) is 53.9 Å². The van der Waals surface area contributed by atoms with Crippen molar-refractivity contribution in [1.29, 1.82) is 0 Å². The van der Waals surface area contributed by atoms with Crippen LogP contribution in [0.1, 0.15) is 19.3 Å². The molecule has 6 nitrogen and oxygen atoms in total. The van der Waals surface area contributed by atoms with E-state index in [1.54, 1.807) is 29.2 Å². The van der Waals surface area contributed by atoms with Crippen LogP contribution in [0.25, 0.3) is 10.9 Å². The molecule has 1 aliphatic heterocycles. The number of nitrogens with one attached hydrogen (secondary N) is 1. The number of fused-ring (bicyclic) bond motifs is 1. The standard InChI is InChI=1S/C22H24ClN3O3S/c23-18-6-7-21-17(16-18)8-12-25(21)15-11-22(27)26-13-9-20(10-14-26)30(28,29)24-19-4-2-1-3-5-19/h1-8,12,16,20,24H,9-11,13-15H2. The minimum absolute atomic E-state index is 0.0534. The molecule has 1 amide bonds. The number of halogens is 1. The van der Waals surface area contributed by atoms with Gasteiger partial charge in [0.15, 0.2) is 0 Å². The van der Waals surface area contributed by atoms with Crippen LogP contribution in [0.2, 0.25) is 5.02 Å². The zero-order chi connectivity index (χ0) is 21.1. The van der Waals surface area contributed by atoms with Gasteiger partial charge in [-0.15, -0.1) is 0 Å².